The first-order valence-electron chi connectivity index (χ1n) is 6.36. The van der Waals surface area contributed by atoms with Crippen LogP contribution in [0.3, 0.4) is 0 Å². The molecule has 112 valence electrons. The van der Waals surface area contributed by atoms with Crippen LogP contribution >= 0.6 is 38.5 Å². The predicted octanol–water partition coefficient (Wildman–Crippen LogP) is 3.06. The Labute approximate surface area is 141 Å². The predicted molar refractivity (Wildman–Crippen MR) is 88.8 cm³/mol. The van der Waals surface area contributed by atoms with Crippen LogP contribution < -0.4 is 4.74 Å². The molecular weight excluding hydrogens is 439 g/mol. The largest absolute Gasteiger partial charge is 0.491 e. The number of methoxy groups -OCH3 is 1. The molecule has 0 radical (unpaired) electrons. The summed E-state index contributed by atoms with van der Waals surface area (Å²) in [6.07, 6.45) is -0.0719. The molecule has 0 aromatic heterocycles. The summed E-state index contributed by atoms with van der Waals surface area (Å²) in [7, 11) is 1.68. The number of benzene rings is 1. The summed E-state index contributed by atoms with van der Waals surface area (Å²) in [6, 6.07) is 7.75. The van der Waals surface area contributed by atoms with Crippen LogP contribution in [0.25, 0.3) is 0 Å². The average Bonchev–Trinajstić information content (AvgIpc) is 2.47. The summed E-state index contributed by atoms with van der Waals surface area (Å²) >= 11 is 5.71. The van der Waals surface area contributed by atoms with Gasteiger partial charge in [0.25, 0.3) is 0 Å². The highest BCUT2D eigenvalue weighted by molar-refractivity contribution is 14.1. The number of hydrogen-bond donors (Lipinski definition) is 0. The van der Waals surface area contributed by atoms with Gasteiger partial charge in [-0.15, -0.1) is 0 Å². The quantitative estimate of drug-likeness (QED) is 0.487. The van der Waals surface area contributed by atoms with Gasteiger partial charge in [-0.1, -0.05) is 38.5 Å². The Morgan fingerprint density at radius 1 is 1.40 bits per heavy atom. The second-order valence-electron chi connectivity index (χ2n) is 4.77. The molecule has 4 nitrogen and oxygen atoms in total. The summed E-state index contributed by atoms with van der Waals surface area (Å²) < 4.78 is 24.6. The van der Waals surface area contributed by atoms with E-state index in [1.807, 2.05) is 24.3 Å². The van der Waals surface area contributed by atoms with E-state index in [1.165, 1.54) is 0 Å². The zero-order chi connectivity index (χ0) is 14.4. The molecule has 0 amide bonds. The molecule has 1 aromatic rings. The third-order valence-corrected chi connectivity index (χ3v) is 4.90. The van der Waals surface area contributed by atoms with E-state index < -0.39 is 0 Å². The summed E-state index contributed by atoms with van der Waals surface area (Å²) in [5.74, 6) is 0.828. The zero-order valence-electron chi connectivity index (χ0n) is 11.3. The summed E-state index contributed by atoms with van der Waals surface area (Å²) in [6.45, 7) is 2.13. The van der Waals surface area contributed by atoms with Gasteiger partial charge < -0.3 is 18.9 Å². The van der Waals surface area contributed by atoms with Gasteiger partial charge in [0, 0.05) is 16.0 Å². The Morgan fingerprint density at radius 2 is 2.15 bits per heavy atom. The summed E-state index contributed by atoms with van der Waals surface area (Å²) in [4.78, 5) is 0. The first-order valence-corrected chi connectivity index (χ1v) is 8.68. The van der Waals surface area contributed by atoms with Gasteiger partial charge in [0.15, 0.2) is 0 Å². The van der Waals surface area contributed by atoms with Crippen LogP contribution in [0.5, 0.6) is 5.75 Å². The number of alkyl halides is 1. The van der Waals surface area contributed by atoms with Gasteiger partial charge in [0.2, 0.25) is 0 Å². The zero-order valence-corrected chi connectivity index (χ0v) is 15.1. The molecule has 1 saturated heterocycles. The van der Waals surface area contributed by atoms with Crippen molar-refractivity contribution in [3.63, 3.8) is 0 Å². The van der Waals surface area contributed by atoms with Crippen molar-refractivity contribution in [1.29, 1.82) is 0 Å². The van der Waals surface area contributed by atoms with Crippen molar-refractivity contribution in [3.05, 3.63) is 28.7 Å². The summed E-state index contributed by atoms with van der Waals surface area (Å²) in [5.41, 5.74) is -0.360. The molecule has 0 saturated carbocycles. The minimum atomic E-state index is -0.360. The van der Waals surface area contributed by atoms with E-state index in [0.29, 0.717) is 26.4 Å². The van der Waals surface area contributed by atoms with Crippen LogP contribution in [0.2, 0.25) is 0 Å². The van der Waals surface area contributed by atoms with Gasteiger partial charge in [0.05, 0.1) is 19.8 Å². The lowest BCUT2D eigenvalue weighted by molar-refractivity contribution is -0.210. The van der Waals surface area contributed by atoms with Crippen LogP contribution in [-0.4, -0.2) is 49.7 Å². The molecule has 1 aliphatic rings. The number of ether oxygens (including phenoxy) is 4. The van der Waals surface area contributed by atoms with E-state index >= 15 is 0 Å². The minimum absolute atomic E-state index is 0.0719. The van der Waals surface area contributed by atoms with Crippen molar-refractivity contribution in [2.45, 2.75) is 11.7 Å². The lowest BCUT2D eigenvalue weighted by Gasteiger charge is -2.39. The van der Waals surface area contributed by atoms with Crippen LogP contribution in [0.1, 0.15) is 0 Å². The van der Waals surface area contributed by atoms with E-state index in [9.17, 15) is 0 Å². The van der Waals surface area contributed by atoms with Gasteiger partial charge in [-0.2, -0.15) is 0 Å². The summed E-state index contributed by atoms with van der Waals surface area (Å²) in [5, 5.41) is 0. The SMILES string of the molecule is COC[C@@]1(CI)COC[C@@H](COc2ccc(Br)cc2)O1. The Kier molecular flexibility index (Phi) is 6.54. The fourth-order valence-electron chi connectivity index (χ4n) is 2.05. The van der Waals surface area contributed by atoms with E-state index in [2.05, 4.69) is 38.5 Å². The first kappa shape index (κ1) is 16.5. The van der Waals surface area contributed by atoms with Gasteiger partial charge in [-0.3, -0.25) is 0 Å². The van der Waals surface area contributed by atoms with Gasteiger partial charge in [-0.25, -0.2) is 0 Å². The van der Waals surface area contributed by atoms with Crippen molar-refractivity contribution in [3.8, 4) is 5.75 Å². The van der Waals surface area contributed by atoms with E-state index in [1.54, 1.807) is 7.11 Å². The Balaban J connectivity index is 1.87. The number of rotatable bonds is 6. The molecule has 1 aromatic carbocycles. The second kappa shape index (κ2) is 7.93. The van der Waals surface area contributed by atoms with Gasteiger partial charge >= 0.3 is 0 Å². The van der Waals surface area contributed by atoms with Crippen LogP contribution in [0.4, 0.5) is 0 Å². The van der Waals surface area contributed by atoms with Crippen molar-refractivity contribution in [1.82, 2.24) is 0 Å². The smallest absolute Gasteiger partial charge is 0.124 e. The molecule has 1 aliphatic heterocycles. The maximum Gasteiger partial charge on any atom is 0.124 e. The van der Waals surface area contributed by atoms with E-state index in [4.69, 9.17) is 18.9 Å². The molecule has 20 heavy (non-hydrogen) atoms. The van der Waals surface area contributed by atoms with Crippen molar-refractivity contribution in [2.24, 2.45) is 0 Å². The molecule has 0 aliphatic carbocycles. The molecule has 0 bridgehead atoms. The van der Waals surface area contributed by atoms with Gasteiger partial charge in [0.1, 0.15) is 24.1 Å². The Hall–Kier alpha value is 0.110. The third kappa shape index (κ3) is 4.56. The van der Waals surface area contributed by atoms with E-state index in [0.717, 1.165) is 14.6 Å². The lowest BCUT2D eigenvalue weighted by atomic mass is 10.1. The number of hydrogen-bond acceptors (Lipinski definition) is 4. The molecule has 2 rings (SSSR count). The third-order valence-electron chi connectivity index (χ3n) is 2.99. The Morgan fingerprint density at radius 3 is 2.80 bits per heavy atom. The first-order chi connectivity index (χ1) is 9.67. The highest BCUT2D eigenvalue weighted by atomic mass is 127. The fraction of sp³-hybridized carbons (Fsp3) is 0.571. The molecule has 0 N–H and O–H groups in total. The Bertz CT molecular complexity index is 410. The maximum absolute atomic E-state index is 6.12. The van der Waals surface area contributed by atoms with Crippen molar-refractivity contribution >= 4 is 38.5 Å². The highest BCUT2D eigenvalue weighted by Crippen LogP contribution is 2.24. The van der Waals surface area contributed by atoms with Crippen LogP contribution in [0, 0.1) is 0 Å². The topological polar surface area (TPSA) is 36.9 Å². The molecular formula is C14H18BrIO4. The molecule has 0 unspecified atom stereocenters. The van der Waals surface area contributed by atoms with Crippen LogP contribution in [-0.2, 0) is 14.2 Å². The highest BCUT2D eigenvalue weighted by Gasteiger charge is 2.37. The molecule has 2 atom stereocenters. The normalized spacial score (nSPS) is 26.4. The molecule has 1 heterocycles. The number of halogens is 2. The fourth-order valence-corrected chi connectivity index (χ4v) is 2.93. The lowest BCUT2D eigenvalue weighted by Crippen LogP contribution is -2.53. The minimum Gasteiger partial charge on any atom is -0.491 e. The van der Waals surface area contributed by atoms with Crippen molar-refractivity contribution in [2.75, 3.05) is 38.0 Å². The average molecular weight is 457 g/mol. The van der Waals surface area contributed by atoms with Crippen LogP contribution in [0.15, 0.2) is 28.7 Å². The maximum atomic E-state index is 6.12. The molecule has 1 fully saturated rings. The second-order valence-corrected chi connectivity index (χ2v) is 6.45. The molecule has 6 heteroatoms. The van der Waals surface area contributed by atoms with E-state index in [-0.39, 0.29) is 11.7 Å². The monoisotopic (exact) mass is 456 g/mol. The van der Waals surface area contributed by atoms with Crippen molar-refractivity contribution < 1.29 is 18.9 Å². The van der Waals surface area contributed by atoms with Gasteiger partial charge in [-0.05, 0) is 24.3 Å². The standard InChI is InChI=1S/C14H18BrIO4/c1-17-9-14(8-16)10-18-6-13(20-14)7-19-12-4-2-11(15)3-5-12/h2-5,13H,6-10H2,1H3/t13-,14-/m0/s1. The molecule has 0 spiro atoms.